The van der Waals surface area contributed by atoms with E-state index < -0.39 is 36.8 Å². The van der Waals surface area contributed by atoms with Gasteiger partial charge in [-0.3, -0.25) is 19.2 Å². The summed E-state index contributed by atoms with van der Waals surface area (Å²) < 4.78 is 0. The van der Waals surface area contributed by atoms with Gasteiger partial charge < -0.3 is 31.3 Å². The highest BCUT2D eigenvalue weighted by Gasteiger charge is 2.25. The summed E-state index contributed by atoms with van der Waals surface area (Å²) in [6, 6.07) is -0.745. The summed E-state index contributed by atoms with van der Waals surface area (Å²) in [7, 11) is -1.70. The second kappa shape index (κ2) is 11.4. The lowest BCUT2D eigenvalue weighted by Gasteiger charge is -2.22. The molecule has 4 amide bonds. The predicted octanol–water partition coefficient (Wildman–Crippen LogP) is -2.71. The van der Waals surface area contributed by atoms with Crippen LogP contribution in [0.5, 0.6) is 0 Å². The van der Waals surface area contributed by atoms with Gasteiger partial charge in [-0.05, 0) is 12.8 Å². The summed E-state index contributed by atoms with van der Waals surface area (Å²) in [5.41, 5.74) is 0. The third kappa shape index (κ3) is 9.67. The van der Waals surface area contributed by atoms with E-state index in [9.17, 15) is 19.2 Å². The molecule has 3 atom stereocenters. The van der Waals surface area contributed by atoms with Crippen molar-refractivity contribution in [2.75, 3.05) is 13.1 Å². The van der Waals surface area contributed by atoms with E-state index in [-0.39, 0.29) is 24.9 Å². The average Bonchev–Trinajstić information content (AvgIpc) is 2.54. The molecular weight excluding hydrogens is 331 g/mol. The maximum absolute atomic E-state index is 12.1. The fourth-order valence-electron chi connectivity index (χ4n) is 1.82. The van der Waals surface area contributed by atoms with Gasteiger partial charge in [-0.15, -0.1) is 0 Å². The summed E-state index contributed by atoms with van der Waals surface area (Å²) >= 11 is 0. The molecule has 0 aromatic rings. The van der Waals surface area contributed by atoms with E-state index in [1.54, 1.807) is 6.92 Å². The first kappa shape index (κ1) is 22.9. The zero-order chi connectivity index (χ0) is 19.6. The highest BCUT2D eigenvalue weighted by Crippen LogP contribution is 2.07. The van der Waals surface area contributed by atoms with Crippen LogP contribution in [0.25, 0.3) is 0 Å². The number of hydrogen-bond donors (Lipinski definition) is 6. The van der Waals surface area contributed by atoms with Crippen molar-refractivity contribution in [1.82, 2.24) is 21.3 Å². The Balaban J connectivity index is 4.32. The van der Waals surface area contributed by atoms with Gasteiger partial charge >= 0.3 is 7.12 Å². The Labute approximate surface area is 147 Å². The van der Waals surface area contributed by atoms with Crippen molar-refractivity contribution in [3.63, 3.8) is 0 Å². The molecule has 142 valence electrons. The lowest BCUT2D eigenvalue weighted by molar-refractivity contribution is -0.131. The lowest BCUT2D eigenvalue weighted by Crippen LogP contribution is -2.52. The van der Waals surface area contributed by atoms with Gasteiger partial charge in [0.1, 0.15) is 6.04 Å². The van der Waals surface area contributed by atoms with Crippen molar-refractivity contribution < 1.29 is 29.2 Å². The third-order valence-corrected chi connectivity index (χ3v) is 3.56. The Morgan fingerprint density at radius 2 is 1.52 bits per heavy atom. The van der Waals surface area contributed by atoms with Crippen LogP contribution in [0.15, 0.2) is 0 Å². The van der Waals surface area contributed by atoms with E-state index >= 15 is 0 Å². The molecule has 11 heteroatoms. The molecule has 0 fully saturated rings. The SMILES string of the molecule is CCC(C)[C@H](NC(C)=O)C(=O)NCC(=O)NCC(=O)N[C@@H](C)B(O)O. The Morgan fingerprint density at radius 1 is 0.960 bits per heavy atom. The largest absolute Gasteiger partial charge is 0.475 e. The van der Waals surface area contributed by atoms with E-state index in [2.05, 4.69) is 21.3 Å². The molecule has 25 heavy (non-hydrogen) atoms. The van der Waals surface area contributed by atoms with Gasteiger partial charge in [0.25, 0.3) is 0 Å². The molecule has 0 saturated heterocycles. The first-order valence-electron chi connectivity index (χ1n) is 8.05. The molecule has 0 bridgehead atoms. The summed E-state index contributed by atoms with van der Waals surface area (Å²) in [6.07, 6.45) is 0.666. The van der Waals surface area contributed by atoms with Crippen molar-refractivity contribution >= 4 is 30.7 Å². The number of carbonyl (C=O) groups is 4. The molecule has 0 aliphatic rings. The van der Waals surface area contributed by atoms with Crippen molar-refractivity contribution in [1.29, 1.82) is 0 Å². The van der Waals surface area contributed by atoms with Crippen molar-refractivity contribution in [2.45, 2.75) is 46.1 Å². The molecule has 0 spiro atoms. The van der Waals surface area contributed by atoms with Crippen LogP contribution in [0, 0.1) is 5.92 Å². The minimum Gasteiger partial charge on any atom is -0.426 e. The number of rotatable bonds is 10. The molecule has 0 aromatic carbocycles. The topological polar surface area (TPSA) is 157 Å². The Hall–Kier alpha value is -2.14. The molecule has 0 heterocycles. The maximum atomic E-state index is 12.1. The maximum Gasteiger partial charge on any atom is 0.475 e. The van der Waals surface area contributed by atoms with Crippen LogP contribution in [-0.4, -0.2) is 65.9 Å². The smallest absolute Gasteiger partial charge is 0.426 e. The summed E-state index contributed by atoms with van der Waals surface area (Å²) in [5, 5.41) is 27.2. The fourth-order valence-corrected chi connectivity index (χ4v) is 1.82. The number of nitrogens with one attached hydrogen (secondary N) is 4. The van der Waals surface area contributed by atoms with Crippen LogP contribution in [0.3, 0.4) is 0 Å². The minimum atomic E-state index is -1.70. The van der Waals surface area contributed by atoms with Crippen molar-refractivity contribution in [3.8, 4) is 0 Å². The van der Waals surface area contributed by atoms with Crippen LogP contribution < -0.4 is 21.3 Å². The van der Waals surface area contributed by atoms with Crippen LogP contribution >= 0.6 is 0 Å². The average molecular weight is 358 g/mol. The van der Waals surface area contributed by atoms with E-state index in [4.69, 9.17) is 10.0 Å². The molecule has 0 aliphatic carbocycles. The number of amides is 4. The van der Waals surface area contributed by atoms with E-state index in [1.807, 2.05) is 6.92 Å². The Kier molecular flexibility index (Phi) is 10.4. The predicted molar refractivity (Wildman–Crippen MR) is 90.9 cm³/mol. The normalized spacial score (nSPS) is 13.8. The molecule has 0 aliphatic heterocycles. The molecule has 6 N–H and O–H groups in total. The zero-order valence-corrected chi connectivity index (χ0v) is 15.0. The quantitative estimate of drug-likeness (QED) is 0.233. The van der Waals surface area contributed by atoms with Crippen LogP contribution in [0.1, 0.15) is 34.1 Å². The Bertz CT molecular complexity index is 488. The number of carbonyl (C=O) groups excluding carboxylic acids is 4. The molecule has 0 rings (SSSR count). The van der Waals surface area contributed by atoms with Gasteiger partial charge in [-0.1, -0.05) is 20.3 Å². The van der Waals surface area contributed by atoms with Crippen LogP contribution in [-0.2, 0) is 19.2 Å². The van der Waals surface area contributed by atoms with Crippen molar-refractivity contribution in [3.05, 3.63) is 0 Å². The summed E-state index contributed by atoms with van der Waals surface area (Å²) in [5.74, 6) is -3.01. The van der Waals surface area contributed by atoms with E-state index in [0.29, 0.717) is 6.42 Å². The summed E-state index contributed by atoms with van der Waals surface area (Å²) in [6.45, 7) is 5.66. The van der Waals surface area contributed by atoms with E-state index in [0.717, 1.165) is 0 Å². The highest BCUT2D eigenvalue weighted by atomic mass is 16.4. The molecule has 0 radical (unpaired) electrons. The van der Waals surface area contributed by atoms with Gasteiger partial charge in [0.05, 0.1) is 19.0 Å². The Morgan fingerprint density at radius 3 is 2.00 bits per heavy atom. The van der Waals surface area contributed by atoms with Gasteiger partial charge in [0.2, 0.25) is 23.6 Å². The molecule has 0 aromatic heterocycles. The van der Waals surface area contributed by atoms with Gasteiger partial charge in [0.15, 0.2) is 0 Å². The third-order valence-electron chi connectivity index (χ3n) is 3.56. The molecular formula is C14H27BN4O6. The van der Waals surface area contributed by atoms with Crippen molar-refractivity contribution in [2.24, 2.45) is 5.92 Å². The molecule has 0 saturated carbocycles. The monoisotopic (exact) mass is 358 g/mol. The molecule has 1 unspecified atom stereocenters. The second-order valence-electron chi connectivity index (χ2n) is 5.83. The second-order valence-corrected chi connectivity index (χ2v) is 5.83. The van der Waals surface area contributed by atoms with E-state index in [1.165, 1.54) is 13.8 Å². The molecule has 10 nitrogen and oxygen atoms in total. The fraction of sp³-hybridized carbons (Fsp3) is 0.714. The lowest BCUT2D eigenvalue weighted by atomic mass is 9.81. The first-order chi connectivity index (χ1) is 11.6. The first-order valence-corrected chi connectivity index (χ1v) is 8.05. The van der Waals surface area contributed by atoms with Gasteiger partial charge in [-0.2, -0.15) is 0 Å². The van der Waals surface area contributed by atoms with Gasteiger partial charge in [0, 0.05) is 6.92 Å². The van der Waals surface area contributed by atoms with Crippen LogP contribution in [0.2, 0.25) is 0 Å². The number of hydrogen-bond acceptors (Lipinski definition) is 6. The standard InChI is InChI=1S/C14H27BN4O6/c1-5-8(2)13(19-10(4)20)14(23)17-6-11(21)16-7-12(22)18-9(3)15(24)25/h8-9,13,24-25H,5-7H2,1-4H3,(H,16,21)(H,17,23)(H,18,22)(H,19,20)/t8?,9-,13-/m0/s1. The summed E-state index contributed by atoms with van der Waals surface area (Å²) in [4.78, 5) is 46.4. The van der Waals surface area contributed by atoms with Crippen LogP contribution in [0.4, 0.5) is 0 Å². The zero-order valence-electron chi connectivity index (χ0n) is 15.0. The van der Waals surface area contributed by atoms with Gasteiger partial charge in [-0.25, -0.2) is 0 Å². The minimum absolute atomic E-state index is 0.107. The highest BCUT2D eigenvalue weighted by molar-refractivity contribution is 6.43.